The van der Waals surface area contributed by atoms with E-state index in [9.17, 15) is 14.4 Å². The van der Waals surface area contributed by atoms with Crippen LogP contribution in [0.25, 0.3) is 0 Å². The van der Waals surface area contributed by atoms with Crippen LogP contribution in [0.3, 0.4) is 0 Å². The number of rotatable bonds is 14. The molecule has 0 unspecified atom stereocenters. The number of nitrogens with zero attached hydrogens (tertiary/aromatic N) is 2. The van der Waals surface area contributed by atoms with Crippen LogP contribution in [-0.2, 0) is 4.79 Å². The number of benzene rings is 2. The molecule has 0 saturated heterocycles. The molecule has 0 aliphatic carbocycles. The number of nitrogens with one attached hydrogen (secondary N) is 2. The molecule has 2 aromatic carbocycles. The molecule has 0 atom stereocenters. The zero-order chi connectivity index (χ0) is 25.6. The standard InChI is InChI=1S/C28H40N4O3/c1-5-16-31(17-6-2)27(34)22-12-14-24(15-13-22)30-26(33)21-29-25-11-9-10-23(20-25)28(35)32(18-7-3)19-8-4/h9-15,20,29H,5-8,16-19,21H2,1-4H3,(H,30,33). The Morgan fingerprint density at radius 1 is 0.657 bits per heavy atom. The van der Waals surface area contributed by atoms with Crippen molar-refractivity contribution in [3.63, 3.8) is 0 Å². The Kier molecular flexibility index (Phi) is 11.8. The predicted molar refractivity (Wildman–Crippen MR) is 143 cm³/mol. The Morgan fingerprint density at radius 2 is 1.17 bits per heavy atom. The molecule has 0 aromatic heterocycles. The van der Waals surface area contributed by atoms with Crippen LogP contribution in [0.2, 0.25) is 0 Å². The van der Waals surface area contributed by atoms with Crippen molar-refractivity contribution >= 4 is 29.1 Å². The van der Waals surface area contributed by atoms with Gasteiger partial charge in [0.2, 0.25) is 5.91 Å². The highest BCUT2D eigenvalue weighted by molar-refractivity contribution is 5.97. The molecule has 0 fully saturated rings. The topological polar surface area (TPSA) is 81.8 Å². The molecule has 0 aliphatic heterocycles. The van der Waals surface area contributed by atoms with Crippen LogP contribution >= 0.6 is 0 Å². The summed E-state index contributed by atoms with van der Waals surface area (Å²) in [6.45, 7) is 11.2. The molecule has 2 aromatic rings. The molecule has 7 nitrogen and oxygen atoms in total. The fourth-order valence-electron chi connectivity index (χ4n) is 3.92. The maximum atomic E-state index is 12.8. The molecule has 0 aliphatic rings. The minimum atomic E-state index is -0.210. The highest BCUT2D eigenvalue weighted by atomic mass is 16.2. The number of amides is 3. The van der Waals surface area contributed by atoms with Crippen LogP contribution in [0, 0.1) is 0 Å². The van der Waals surface area contributed by atoms with Crippen LogP contribution in [0.4, 0.5) is 11.4 Å². The van der Waals surface area contributed by atoms with E-state index in [0.717, 1.165) is 51.9 Å². The fourth-order valence-corrected chi connectivity index (χ4v) is 3.92. The summed E-state index contributed by atoms with van der Waals surface area (Å²) in [5.74, 6) is -0.190. The Bertz CT molecular complexity index is 947. The van der Waals surface area contributed by atoms with Gasteiger partial charge in [0.1, 0.15) is 0 Å². The summed E-state index contributed by atoms with van der Waals surface area (Å²) in [7, 11) is 0. The molecule has 190 valence electrons. The molecule has 7 heteroatoms. The van der Waals surface area contributed by atoms with Gasteiger partial charge < -0.3 is 20.4 Å². The zero-order valence-electron chi connectivity index (χ0n) is 21.6. The Labute approximate surface area is 209 Å². The highest BCUT2D eigenvalue weighted by Crippen LogP contribution is 2.15. The molecule has 2 N–H and O–H groups in total. The molecule has 2 rings (SSSR count). The van der Waals surface area contributed by atoms with Crippen LogP contribution in [0.1, 0.15) is 74.1 Å². The molecule has 0 spiro atoms. The van der Waals surface area contributed by atoms with Crippen molar-refractivity contribution in [1.82, 2.24) is 9.80 Å². The van der Waals surface area contributed by atoms with E-state index in [4.69, 9.17) is 0 Å². The van der Waals surface area contributed by atoms with Crippen molar-refractivity contribution in [3.05, 3.63) is 59.7 Å². The molecule has 35 heavy (non-hydrogen) atoms. The first kappa shape index (κ1) is 27.9. The Balaban J connectivity index is 1.94. The van der Waals surface area contributed by atoms with E-state index >= 15 is 0 Å². The van der Waals surface area contributed by atoms with Gasteiger partial charge in [-0.25, -0.2) is 0 Å². The van der Waals surface area contributed by atoms with Gasteiger partial charge in [-0.05, 0) is 68.1 Å². The summed E-state index contributed by atoms with van der Waals surface area (Å²) < 4.78 is 0. The molecule has 0 radical (unpaired) electrons. The normalized spacial score (nSPS) is 10.5. The maximum Gasteiger partial charge on any atom is 0.253 e. The van der Waals surface area contributed by atoms with Crippen molar-refractivity contribution in [2.24, 2.45) is 0 Å². The molecule has 0 saturated carbocycles. The Hall–Kier alpha value is -3.35. The summed E-state index contributed by atoms with van der Waals surface area (Å²) in [5, 5.41) is 5.94. The third-order valence-corrected chi connectivity index (χ3v) is 5.53. The molecule has 0 heterocycles. The highest BCUT2D eigenvalue weighted by Gasteiger charge is 2.16. The lowest BCUT2D eigenvalue weighted by atomic mass is 10.1. The van der Waals surface area contributed by atoms with Crippen LogP contribution in [-0.4, -0.2) is 60.2 Å². The number of hydrogen-bond acceptors (Lipinski definition) is 4. The lowest BCUT2D eigenvalue weighted by Crippen LogP contribution is -2.32. The largest absolute Gasteiger partial charge is 0.376 e. The third kappa shape index (κ3) is 8.74. The molecule has 3 amide bonds. The van der Waals surface area contributed by atoms with E-state index < -0.39 is 0 Å². The summed E-state index contributed by atoms with van der Waals surface area (Å²) >= 11 is 0. The average Bonchev–Trinajstić information content (AvgIpc) is 2.87. The smallest absolute Gasteiger partial charge is 0.253 e. The van der Waals surface area contributed by atoms with Gasteiger partial charge in [-0.2, -0.15) is 0 Å². The lowest BCUT2D eigenvalue weighted by molar-refractivity contribution is -0.114. The molecular weight excluding hydrogens is 440 g/mol. The number of anilines is 2. The number of carbonyl (C=O) groups is 3. The quantitative estimate of drug-likeness (QED) is 0.386. The summed E-state index contributed by atoms with van der Waals surface area (Å²) in [6.07, 6.45) is 3.66. The second-order valence-electron chi connectivity index (χ2n) is 8.64. The van der Waals surface area contributed by atoms with E-state index in [1.54, 1.807) is 36.4 Å². The van der Waals surface area contributed by atoms with Gasteiger partial charge in [0.25, 0.3) is 11.8 Å². The van der Waals surface area contributed by atoms with Crippen molar-refractivity contribution in [1.29, 1.82) is 0 Å². The van der Waals surface area contributed by atoms with Crippen molar-refractivity contribution in [3.8, 4) is 0 Å². The van der Waals surface area contributed by atoms with Crippen LogP contribution < -0.4 is 10.6 Å². The SMILES string of the molecule is CCCN(CCC)C(=O)c1ccc(NC(=O)CNc2cccc(C(=O)N(CCC)CCC)c2)cc1. The first-order valence-corrected chi connectivity index (χ1v) is 12.8. The van der Waals surface area contributed by atoms with Gasteiger partial charge in [-0.1, -0.05) is 33.8 Å². The zero-order valence-corrected chi connectivity index (χ0v) is 21.6. The number of hydrogen-bond donors (Lipinski definition) is 2. The minimum absolute atomic E-state index is 0.00729. The van der Waals surface area contributed by atoms with E-state index in [-0.39, 0.29) is 24.3 Å². The molecule has 0 bridgehead atoms. The fraction of sp³-hybridized carbons (Fsp3) is 0.464. The second kappa shape index (κ2) is 14.8. The summed E-state index contributed by atoms with van der Waals surface area (Å²) in [4.78, 5) is 41.7. The van der Waals surface area contributed by atoms with Crippen LogP contribution in [0.5, 0.6) is 0 Å². The molecular formula is C28H40N4O3. The first-order valence-electron chi connectivity index (χ1n) is 12.8. The number of carbonyl (C=O) groups excluding carboxylic acids is 3. The van der Waals surface area contributed by atoms with Crippen LogP contribution in [0.15, 0.2) is 48.5 Å². The summed E-state index contributed by atoms with van der Waals surface area (Å²) in [5.41, 5.74) is 2.57. The minimum Gasteiger partial charge on any atom is -0.376 e. The monoisotopic (exact) mass is 480 g/mol. The van der Waals surface area contributed by atoms with Gasteiger partial charge in [0.15, 0.2) is 0 Å². The van der Waals surface area contributed by atoms with E-state index in [2.05, 4.69) is 38.3 Å². The van der Waals surface area contributed by atoms with Gasteiger partial charge in [0, 0.05) is 48.7 Å². The average molecular weight is 481 g/mol. The first-order chi connectivity index (χ1) is 16.9. The van der Waals surface area contributed by atoms with Gasteiger partial charge in [0.05, 0.1) is 6.54 Å². The van der Waals surface area contributed by atoms with Crippen molar-refractivity contribution in [2.45, 2.75) is 53.4 Å². The van der Waals surface area contributed by atoms with Crippen molar-refractivity contribution in [2.75, 3.05) is 43.4 Å². The lowest BCUT2D eigenvalue weighted by Gasteiger charge is -2.22. The predicted octanol–water partition coefficient (Wildman–Crippen LogP) is 5.26. The van der Waals surface area contributed by atoms with Gasteiger partial charge in [-0.15, -0.1) is 0 Å². The van der Waals surface area contributed by atoms with E-state index in [1.807, 2.05) is 21.9 Å². The maximum absolute atomic E-state index is 12.8. The van der Waals surface area contributed by atoms with Crippen molar-refractivity contribution < 1.29 is 14.4 Å². The van der Waals surface area contributed by atoms with Gasteiger partial charge >= 0.3 is 0 Å². The van der Waals surface area contributed by atoms with E-state index in [1.165, 1.54) is 0 Å². The Morgan fingerprint density at radius 3 is 1.69 bits per heavy atom. The summed E-state index contributed by atoms with van der Waals surface area (Å²) in [6, 6.07) is 14.2. The van der Waals surface area contributed by atoms with E-state index in [0.29, 0.717) is 22.5 Å². The third-order valence-electron chi connectivity index (χ3n) is 5.53. The van der Waals surface area contributed by atoms with Gasteiger partial charge in [-0.3, -0.25) is 14.4 Å². The second-order valence-corrected chi connectivity index (χ2v) is 8.64.